The van der Waals surface area contributed by atoms with E-state index in [1.807, 2.05) is 37.8 Å². The minimum atomic E-state index is -0.453. The molecule has 2 heterocycles. The molecule has 3 nitrogen and oxygen atoms in total. The Labute approximate surface area is 107 Å². The van der Waals surface area contributed by atoms with Gasteiger partial charge in [-0.05, 0) is 31.9 Å². The van der Waals surface area contributed by atoms with Gasteiger partial charge in [-0.2, -0.15) is 0 Å². The van der Waals surface area contributed by atoms with Crippen LogP contribution in [0.3, 0.4) is 0 Å². The van der Waals surface area contributed by atoms with Crippen molar-refractivity contribution in [1.29, 1.82) is 0 Å². The largest absolute Gasteiger partial charge is 0.444 e. The zero-order valence-corrected chi connectivity index (χ0v) is 10.9. The van der Waals surface area contributed by atoms with E-state index in [2.05, 4.69) is 24.3 Å². The Balaban J connectivity index is 1.89. The van der Waals surface area contributed by atoms with Gasteiger partial charge in [-0.25, -0.2) is 4.79 Å². The van der Waals surface area contributed by atoms with Crippen molar-refractivity contribution in [3.8, 4) is 0 Å². The molecule has 0 N–H and O–H groups in total. The number of rotatable bonds is 0. The molecule has 2 bridgehead atoms. The highest BCUT2D eigenvalue weighted by Gasteiger charge is 2.44. The van der Waals surface area contributed by atoms with Crippen molar-refractivity contribution in [1.82, 2.24) is 4.90 Å². The molecule has 0 aliphatic carbocycles. The Morgan fingerprint density at radius 3 is 2.06 bits per heavy atom. The van der Waals surface area contributed by atoms with Gasteiger partial charge in [0.05, 0.1) is 12.1 Å². The smallest absolute Gasteiger partial charge is 0.411 e. The van der Waals surface area contributed by atoms with Crippen molar-refractivity contribution < 1.29 is 9.53 Å². The van der Waals surface area contributed by atoms with Gasteiger partial charge in [-0.1, -0.05) is 36.4 Å². The third-order valence-electron chi connectivity index (χ3n) is 3.31. The molecule has 2 unspecified atom stereocenters. The lowest BCUT2D eigenvalue weighted by Crippen LogP contribution is -2.35. The van der Waals surface area contributed by atoms with Crippen molar-refractivity contribution >= 4 is 6.09 Å². The molecule has 0 aromatic heterocycles. The number of hydrogen-bond donors (Lipinski definition) is 0. The zero-order valence-electron chi connectivity index (χ0n) is 10.9. The summed E-state index contributed by atoms with van der Waals surface area (Å²) in [5, 5.41) is 0. The van der Waals surface area contributed by atoms with Crippen LogP contribution in [0.15, 0.2) is 36.4 Å². The fraction of sp³-hybridized carbons (Fsp3) is 0.400. The van der Waals surface area contributed by atoms with E-state index in [1.54, 1.807) is 0 Å². The van der Waals surface area contributed by atoms with Crippen molar-refractivity contribution in [2.75, 3.05) is 0 Å². The van der Waals surface area contributed by atoms with Gasteiger partial charge in [-0.15, -0.1) is 0 Å². The van der Waals surface area contributed by atoms with Gasteiger partial charge in [-0.3, -0.25) is 4.90 Å². The summed E-state index contributed by atoms with van der Waals surface area (Å²) in [6.45, 7) is 5.68. The summed E-state index contributed by atoms with van der Waals surface area (Å²) in [4.78, 5) is 14.1. The van der Waals surface area contributed by atoms with Gasteiger partial charge in [0, 0.05) is 0 Å². The van der Waals surface area contributed by atoms with Crippen LogP contribution in [0.1, 0.15) is 44.0 Å². The quantitative estimate of drug-likeness (QED) is 0.652. The second-order valence-electron chi connectivity index (χ2n) is 5.79. The fourth-order valence-corrected chi connectivity index (χ4v) is 2.67. The van der Waals surface area contributed by atoms with E-state index in [-0.39, 0.29) is 18.2 Å². The maximum absolute atomic E-state index is 12.3. The highest BCUT2D eigenvalue weighted by Crippen LogP contribution is 2.48. The van der Waals surface area contributed by atoms with Gasteiger partial charge >= 0.3 is 6.09 Å². The van der Waals surface area contributed by atoms with Crippen molar-refractivity contribution in [2.24, 2.45) is 0 Å². The van der Waals surface area contributed by atoms with Crippen LogP contribution in [-0.4, -0.2) is 16.6 Å². The summed E-state index contributed by atoms with van der Waals surface area (Å²) >= 11 is 0. The number of carbonyl (C=O) groups is 1. The highest BCUT2D eigenvalue weighted by molar-refractivity contribution is 5.73. The molecule has 18 heavy (non-hydrogen) atoms. The van der Waals surface area contributed by atoms with E-state index in [1.165, 1.54) is 11.1 Å². The van der Waals surface area contributed by atoms with E-state index in [0.29, 0.717) is 0 Å². The summed E-state index contributed by atoms with van der Waals surface area (Å²) in [5.74, 6) is 0. The SMILES string of the molecule is CC(C)(C)OC(=O)N1C2C=CC1c1ccccc12. The molecule has 0 fully saturated rings. The number of nitrogens with zero attached hydrogens (tertiary/aromatic N) is 1. The van der Waals surface area contributed by atoms with Crippen LogP contribution in [0.2, 0.25) is 0 Å². The summed E-state index contributed by atoms with van der Waals surface area (Å²) in [5.41, 5.74) is 1.98. The van der Waals surface area contributed by atoms with Gasteiger partial charge in [0.1, 0.15) is 5.60 Å². The van der Waals surface area contributed by atoms with E-state index in [9.17, 15) is 4.79 Å². The van der Waals surface area contributed by atoms with Gasteiger partial charge in [0.15, 0.2) is 0 Å². The van der Waals surface area contributed by atoms with Crippen molar-refractivity contribution in [3.63, 3.8) is 0 Å². The van der Waals surface area contributed by atoms with Crippen LogP contribution in [-0.2, 0) is 4.74 Å². The zero-order chi connectivity index (χ0) is 12.9. The highest BCUT2D eigenvalue weighted by atomic mass is 16.6. The summed E-state index contributed by atoms with van der Waals surface area (Å²) in [7, 11) is 0. The summed E-state index contributed by atoms with van der Waals surface area (Å²) in [6, 6.07) is 8.28. The van der Waals surface area contributed by atoms with Crippen molar-refractivity contribution in [2.45, 2.75) is 38.5 Å². The average molecular weight is 243 g/mol. The number of amides is 1. The Kier molecular flexibility index (Phi) is 2.27. The van der Waals surface area contributed by atoms with Crippen LogP contribution in [0.4, 0.5) is 4.79 Å². The molecule has 1 aromatic rings. The Bertz CT molecular complexity index is 495. The van der Waals surface area contributed by atoms with E-state index >= 15 is 0 Å². The standard InChI is InChI=1S/C15H17NO2/c1-15(2,3)18-14(17)16-12-8-9-13(16)11-7-5-4-6-10(11)12/h4-9,12-13H,1-3H3. The Morgan fingerprint density at radius 1 is 1.11 bits per heavy atom. The first-order valence-electron chi connectivity index (χ1n) is 6.26. The van der Waals surface area contributed by atoms with Crippen LogP contribution in [0.25, 0.3) is 0 Å². The van der Waals surface area contributed by atoms with Crippen LogP contribution in [0, 0.1) is 0 Å². The number of carbonyl (C=O) groups excluding carboxylic acids is 1. The van der Waals surface area contributed by atoms with E-state index in [0.717, 1.165) is 0 Å². The first kappa shape index (κ1) is 11.3. The number of benzene rings is 1. The summed E-state index contributed by atoms with van der Waals surface area (Å²) in [6.07, 6.45) is 3.92. The van der Waals surface area contributed by atoms with Crippen LogP contribution < -0.4 is 0 Å². The number of fused-ring (bicyclic) bond motifs is 5. The maximum Gasteiger partial charge on any atom is 0.411 e. The van der Waals surface area contributed by atoms with Crippen LogP contribution >= 0.6 is 0 Å². The lowest BCUT2D eigenvalue weighted by Gasteiger charge is -2.27. The lowest BCUT2D eigenvalue weighted by atomic mass is 9.97. The first-order chi connectivity index (χ1) is 8.47. The molecule has 0 saturated heterocycles. The maximum atomic E-state index is 12.3. The minimum absolute atomic E-state index is 0.0426. The molecular weight excluding hydrogens is 226 g/mol. The Morgan fingerprint density at radius 2 is 1.61 bits per heavy atom. The third kappa shape index (κ3) is 1.62. The molecule has 94 valence electrons. The normalized spacial score (nSPS) is 24.3. The van der Waals surface area contributed by atoms with E-state index < -0.39 is 5.60 Å². The molecule has 1 amide bonds. The molecule has 2 aliphatic rings. The summed E-state index contributed by atoms with van der Waals surface area (Å²) < 4.78 is 5.48. The van der Waals surface area contributed by atoms with Gasteiger partial charge in [0.2, 0.25) is 0 Å². The number of ether oxygens (including phenoxy) is 1. The molecule has 1 aromatic carbocycles. The third-order valence-corrected chi connectivity index (χ3v) is 3.31. The van der Waals surface area contributed by atoms with Crippen molar-refractivity contribution in [3.05, 3.63) is 47.5 Å². The molecule has 0 radical (unpaired) electrons. The topological polar surface area (TPSA) is 29.5 Å². The molecule has 2 aliphatic heterocycles. The predicted octanol–water partition coefficient (Wildman–Crippen LogP) is 3.59. The molecule has 0 saturated carbocycles. The fourth-order valence-electron chi connectivity index (χ4n) is 2.67. The van der Waals surface area contributed by atoms with E-state index in [4.69, 9.17) is 4.74 Å². The number of hydrogen-bond acceptors (Lipinski definition) is 2. The average Bonchev–Trinajstić information content (AvgIpc) is 2.83. The Hall–Kier alpha value is -1.77. The minimum Gasteiger partial charge on any atom is -0.444 e. The molecule has 2 atom stereocenters. The van der Waals surface area contributed by atoms with Crippen LogP contribution in [0.5, 0.6) is 0 Å². The monoisotopic (exact) mass is 243 g/mol. The molecule has 3 rings (SSSR count). The second kappa shape index (κ2) is 3.61. The molecule has 3 heteroatoms. The van der Waals surface area contributed by atoms with Gasteiger partial charge < -0.3 is 4.74 Å². The molecular formula is C15H17NO2. The lowest BCUT2D eigenvalue weighted by molar-refractivity contribution is 0.0196. The first-order valence-corrected chi connectivity index (χ1v) is 6.26. The predicted molar refractivity (Wildman–Crippen MR) is 69.1 cm³/mol. The molecule has 0 spiro atoms. The second-order valence-corrected chi connectivity index (χ2v) is 5.79. The van der Waals surface area contributed by atoms with Gasteiger partial charge in [0.25, 0.3) is 0 Å².